The number of hydrogen-bond acceptors (Lipinski definition) is 2. The van der Waals surface area contributed by atoms with E-state index < -0.39 is 0 Å². The molecule has 1 aromatic heterocycles. The van der Waals surface area contributed by atoms with Crippen molar-refractivity contribution < 1.29 is 4.79 Å². The molecule has 0 saturated heterocycles. The quantitative estimate of drug-likeness (QED) is 0.529. The molecule has 134 valence electrons. The summed E-state index contributed by atoms with van der Waals surface area (Å²) in [6, 6.07) is 9.59. The minimum absolute atomic E-state index is 0.199. The predicted molar refractivity (Wildman–Crippen MR) is 110 cm³/mol. The number of amides is 1. The Morgan fingerprint density at radius 2 is 1.96 bits per heavy atom. The molecule has 0 saturated carbocycles. The molecule has 1 amide bonds. The molecule has 26 heavy (non-hydrogen) atoms. The lowest BCUT2D eigenvalue weighted by Gasteiger charge is -2.05. The van der Waals surface area contributed by atoms with Gasteiger partial charge in [-0.05, 0) is 37.1 Å². The van der Waals surface area contributed by atoms with E-state index in [-0.39, 0.29) is 12.3 Å². The van der Waals surface area contributed by atoms with Gasteiger partial charge in [-0.25, -0.2) is 0 Å². The molecule has 3 aromatic rings. The van der Waals surface area contributed by atoms with Gasteiger partial charge in [0.15, 0.2) is 4.80 Å². The summed E-state index contributed by atoms with van der Waals surface area (Å²) in [7, 11) is 0. The predicted octanol–water partition coefficient (Wildman–Crippen LogP) is 5.48. The normalized spacial score (nSPS) is 11.9. The first-order valence-electron chi connectivity index (χ1n) is 8.12. The number of carbonyl (C=O) groups excluding carboxylic acids is 1. The van der Waals surface area contributed by atoms with Crippen molar-refractivity contribution in [2.24, 2.45) is 4.99 Å². The van der Waals surface area contributed by atoms with E-state index in [2.05, 4.69) is 11.6 Å². The summed E-state index contributed by atoms with van der Waals surface area (Å²) in [5, 5.41) is 1.17. The molecule has 0 aliphatic heterocycles. The fraction of sp³-hybridized carbons (Fsp3) is 0.200. The Labute approximate surface area is 166 Å². The van der Waals surface area contributed by atoms with E-state index in [1.54, 1.807) is 18.2 Å². The van der Waals surface area contributed by atoms with Crippen molar-refractivity contribution in [3.05, 3.63) is 74.5 Å². The fourth-order valence-corrected chi connectivity index (χ4v) is 4.47. The average Bonchev–Trinajstić information content (AvgIpc) is 2.94. The van der Waals surface area contributed by atoms with Crippen molar-refractivity contribution in [3.8, 4) is 0 Å². The van der Waals surface area contributed by atoms with E-state index in [0.29, 0.717) is 21.4 Å². The summed E-state index contributed by atoms with van der Waals surface area (Å²) in [4.78, 5) is 17.5. The van der Waals surface area contributed by atoms with Crippen molar-refractivity contribution in [2.75, 3.05) is 0 Å². The zero-order valence-electron chi connectivity index (χ0n) is 14.6. The monoisotopic (exact) mass is 404 g/mol. The molecule has 2 aromatic carbocycles. The van der Waals surface area contributed by atoms with Crippen LogP contribution < -0.4 is 4.80 Å². The summed E-state index contributed by atoms with van der Waals surface area (Å²) in [5.74, 6) is -0.199. The van der Waals surface area contributed by atoms with Crippen LogP contribution in [0.2, 0.25) is 10.0 Å². The number of benzene rings is 2. The molecule has 0 spiro atoms. The Bertz CT molecular complexity index is 1080. The van der Waals surface area contributed by atoms with Crippen molar-refractivity contribution in [1.29, 1.82) is 0 Å². The summed E-state index contributed by atoms with van der Waals surface area (Å²) in [6.07, 6.45) is 2.01. The van der Waals surface area contributed by atoms with Gasteiger partial charge in [0.1, 0.15) is 0 Å². The van der Waals surface area contributed by atoms with Crippen LogP contribution in [0.25, 0.3) is 10.2 Å². The fourth-order valence-electron chi connectivity index (χ4n) is 2.79. The van der Waals surface area contributed by atoms with Gasteiger partial charge in [0.05, 0.1) is 26.7 Å². The van der Waals surface area contributed by atoms with Gasteiger partial charge in [-0.1, -0.05) is 64.4 Å². The second-order valence-electron chi connectivity index (χ2n) is 6.10. The summed E-state index contributed by atoms with van der Waals surface area (Å²) >= 11 is 14.0. The second-order valence-corrected chi connectivity index (χ2v) is 7.90. The van der Waals surface area contributed by atoms with Crippen molar-refractivity contribution in [3.63, 3.8) is 0 Å². The van der Waals surface area contributed by atoms with Crippen LogP contribution in [-0.2, 0) is 17.8 Å². The number of allylic oxidation sites excluding steroid dienone is 1. The largest absolute Gasteiger partial charge is 0.311 e. The lowest BCUT2D eigenvalue weighted by molar-refractivity contribution is -0.117. The van der Waals surface area contributed by atoms with Gasteiger partial charge in [-0.3, -0.25) is 4.79 Å². The number of fused-ring (bicyclic) bond motifs is 1. The third-order valence-electron chi connectivity index (χ3n) is 4.11. The second kappa shape index (κ2) is 7.78. The highest BCUT2D eigenvalue weighted by Gasteiger charge is 2.13. The van der Waals surface area contributed by atoms with Gasteiger partial charge in [0, 0.05) is 6.54 Å². The highest BCUT2D eigenvalue weighted by molar-refractivity contribution is 7.17. The Kier molecular flexibility index (Phi) is 5.66. The smallest absolute Gasteiger partial charge is 0.252 e. The van der Waals surface area contributed by atoms with Crippen LogP contribution in [0.3, 0.4) is 0 Å². The Balaban J connectivity index is 2.09. The van der Waals surface area contributed by atoms with E-state index >= 15 is 0 Å². The third kappa shape index (κ3) is 3.78. The molecule has 0 atom stereocenters. The van der Waals surface area contributed by atoms with E-state index in [1.165, 1.54) is 11.3 Å². The van der Waals surface area contributed by atoms with Gasteiger partial charge in [0.25, 0.3) is 5.91 Å². The molecule has 0 aliphatic carbocycles. The van der Waals surface area contributed by atoms with Crippen LogP contribution in [-0.4, -0.2) is 10.5 Å². The van der Waals surface area contributed by atoms with Gasteiger partial charge in [0.2, 0.25) is 0 Å². The van der Waals surface area contributed by atoms with Crippen LogP contribution in [0.15, 0.2) is 48.0 Å². The topological polar surface area (TPSA) is 34.4 Å². The zero-order chi connectivity index (χ0) is 18.8. The van der Waals surface area contributed by atoms with Crippen LogP contribution >= 0.6 is 34.5 Å². The van der Waals surface area contributed by atoms with E-state index in [4.69, 9.17) is 23.2 Å². The number of aryl methyl sites for hydroxylation is 2. The number of aromatic nitrogens is 1. The summed E-state index contributed by atoms with van der Waals surface area (Å²) < 4.78 is 2.70. The Morgan fingerprint density at radius 3 is 2.69 bits per heavy atom. The first kappa shape index (κ1) is 18.9. The molecule has 3 rings (SSSR count). The molecule has 6 heteroatoms. The van der Waals surface area contributed by atoms with Crippen LogP contribution in [0.4, 0.5) is 0 Å². The van der Waals surface area contributed by atoms with Crippen LogP contribution in [0.5, 0.6) is 0 Å². The highest BCUT2D eigenvalue weighted by Crippen LogP contribution is 2.31. The van der Waals surface area contributed by atoms with Crippen molar-refractivity contribution in [2.45, 2.75) is 26.8 Å². The summed E-state index contributed by atoms with van der Waals surface area (Å²) in [5.41, 5.74) is 3.98. The number of hydrogen-bond donors (Lipinski definition) is 0. The van der Waals surface area contributed by atoms with Gasteiger partial charge in [-0.2, -0.15) is 4.99 Å². The van der Waals surface area contributed by atoms with Gasteiger partial charge < -0.3 is 4.57 Å². The lowest BCUT2D eigenvalue weighted by atomic mass is 10.0. The maximum Gasteiger partial charge on any atom is 0.252 e. The average molecular weight is 405 g/mol. The number of halogens is 2. The number of nitrogens with zero attached hydrogens (tertiary/aromatic N) is 2. The maximum atomic E-state index is 12.6. The molecule has 0 radical (unpaired) electrons. The molecular formula is C20H18Cl2N2OS. The molecule has 0 N–H and O–H groups in total. The molecule has 1 heterocycles. The minimum atomic E-state index is -0.199. The number of carbonyl (C=O) groups is 1. The summed E-state index contributed by atoms with van der Waals surface area (Å²) in [6.45, 7) is 8.29. The van der Waals surface area contributed by atoms with Crippen molar-refractivity contribution >= 4 is 50.7 Å². The number of rotatable bonds is 4. The molecular weight excluding hydrogens is 387 g/mol. The first-order valence-corrected chi connectivity index (χ1v) is 9.70. The standard InChI is InChI=1S/C20H18Cl2N2OS/c1-4-9-24-18-15(21)7-8-16(22)19(18)26-20(24)23-17(25)11-14-10-12(2)5-6-13(14)3/h4-8,10H,1,9,11H2,2-3H3. The molecule has 0 aliphatic rings. The third-order valence-corrected chi connectivity index (χ3v) is 5.95. The van der Waals surface area contributed by atoms with Crippen LogP contribution in [0.1, 0.15) is 16.7 Å². The van der Waals surface area contributed by atoms with E-state index in [9.17, 15) is 4.79 Å². The molecule has 3 nitrogen and oxygen atoms in total. The Morgan fingerprint density at radius 1 is 1.23 bits per heavy atom. The van der Waals surface area contributed by atoms with Crippen molar-refractivity contribution in [1.82, 2.24) is 4.57 Å². The maximum absolute atomic E-state index is 12.6. The molecule has 0 fully saturated rings. The van der Waals surface area contributed by atoms with E-state index in [1.807, 2.05) is 36.6 Å². The number of thiazole rings is 1. The first-order chi connectivity index (χ1) is 12.4. The SMILES string of the molecule is C=CCn1c(=NC(=O)Cc2cc(C)ccc2C)sc2c(Cl)ccc(Cl)c21. The van der Waals surface area contributed by atoms with E-state index in [0.717, 1.165) is 26.9 Å². The van der Waals surface area contributed by atoms with Gasteiger partial charge in [-0.15, -0.1) is 6.58 Å². The zero-order valence-corrected chi connectivity index (χ0v) is 16.9. The van der Waals surface area contributed by atoms with Gasteiger partial charge >= 0.3 is 0 Å². The van der Waals surface area contributed by atoms with Crippen LogP contribution in [0, 0.1) is 13.8 Å². The molecule has 0 unspecified atom stereocenters. The Hall–Kier alpha value is -1.88. The minimum Gasteiger partial charge on any atom is -0.311 e. The molecule has 0 bridgehead atoms. The highest BCUT2D eigenvalue weighted by atomic mass is 35.5. The lowest BCUT2D eigenvalue weighted by Crippen LogP contribution is -2.17.